The van der Waals surface area contributed by atoms with Gasteiger partial charge in [0.05, 0.1) is 0 Å². The topological polar surface area (TPSA) is 58.0 Å². The second-order valence-corrected chi connectivity index (χ2v) is 5.13. The van der Waals surface area contributed by atoms with Gasteiger partial charge in [0.1, 0.15) is 11.6 Å². The number of aromatic nitrogens is 1. The zero-order valence-corrected chi connectivity index (χ0v) is 11.0. The Morgan fingerprint density at radius 2 is 1.86 bits per heavy atom. The Hall–Kier alpha value is -2.02. The first-order chi connectivity index (χ1) is 10.0. The molecule has 0 saturated carbocycles. The quantitative estimate of drug-likeness (QED) is 0.838. The number of rotatable bonds is 2. The minimum absolute atomic E-state index is 0.0801. The van der Waals surface area contributed by atoms with Gasteiger partial charge in [-0.25, -0.2) is 13.2 Å². The summed E-state index contributed by atoms with van der Waals surface area (Å²) >= 11 is 0. The van der Waals surface area contributed by atoms with Gasteiger partial charge in [0, 0.05) is 29.7 Å². The highest BCUT2D eigenvalue weighted by atomic mass is 19.2. The molecule has 1 aliphatic rings. The molecule has 4 nitrogen and oxygen atoms in total. The van der Waals surface area contributed by atoms with Crippen LogP contribution in [0.4, 0.5) is 13.2 Å². The SMILES string of the molecule is O=c1cc([C@H]2CCN[C@H](c3cc(F)c(F)cc3F)C2)o[nH]1. The second-order valence-electron chi connectivity index (χ2n) is 5.13. The zero-order valence-electron chi connectivity index (χ0n) is 11.0. The van der Waals surface area contributed by atoms with E-state index in [2.05, 4.69) is 10.5 Å². The van der Waals surface area contributed by atoms with E-state index in [9.17, 15) is 18.0 Å². The van der Waals surface area contributed by atoms with Crippen molar-refractivity contribution in [1.29, 1.82) is 0 Å². The largest absolute Gasteiger partial charge is 0.383 e. The summed E-state index contributed by atoms with van der Waals surface area (Å²) in [6.45, 7) is 0.558. The van der Waals surface area contributed by atoms with Crippen LogP contribution >= 0.6 is 0 Å². The van der Waals surface area contributed by atoms with E-state index in [1.807, 2.05) is 0 Å². The van der Waals surface area contributed by atoms with E-state index in [-0.39, 0.29) is 17.0 Å². The predicted octanol–water partition coefficient (Wildman–Crippen LogP) is 2.59. The molecule has 0 bridgehead atoms. The Morgan fingerprint density at radius 3 is 2.57 bits per heavy atom. The molecular weight excluding hydrogens is 285 g/mol. The fourth-order valence-electron chi connectivity index (χ4n) is 2.72. The standard InChI is InChI=1S/C14H13F3N2O2/c15-9-5-11(17)10(16)4-8(9)12-3-7(1-2-18-12)13-6-14(20)19-21-13/h4-7,12,18H,1-3H2,(H,19,20)/t7-,12-/m0/s1. The van der Waals surface area contributed by atoms with Crippen LogP contribution in [0.5, 0.6) is 0 Å². The van der Waals surface area contributed by atoms with Crippen molar-refractivity contribution in [1.82, 2.24) is 10.5 Å². The van der Waals surface area contributed by atoms with E-state index in [1.54, 1.807) is 0 Å². The van der Waals surface area contributed by atoms with Gasteiger partial charge in [0.15, 0.2) is 11.6 Å². The summed E-state index contributed by atoms with van der Waals surface area (Å²) < 4.78 is 45.2. The van der Waals surface area contributed by atoms with Crippen molar-refractivity contribution in [2.24, 2.45) is 0 Å². The van der Waals surface area contributed by atoms with Crippen LogP contribution in [0.3, 0.4) is 0 Å². The Bertz CT molecular complexity index is 710. The summed E-state index contributed by atoms with van der Waals surface area (Å²) in [6.07, 6.45) is 1.14. The Balaban J connectivity index is 1.86. The van der Waals surface area contributed by atoms with Gasteiger partial charge in [-0.15, -0.1) is 0 Å². The molecule has 2 N–H and O–H groups in total. The van der Waals surface area contributed by atoms with Crippen molar-refractivity contribution in [3.05, 3.63) is 57.3 Å². The summed E-state index contributed by atoms with van der Waals surface area (Å²) in [5, 5.41) is 5.28. The first kappa shape index (κ1) is 13.9. The van der Waals surface area contributed by atoms with E-state index < -0.39 is 23.5 Å². The van der Waals surface area contributed by atoms with Crippen LogP contribution in [0.2, 0.25) is 0 Å². The smallest absolute Gasteiger partial charge is 0.280 e. The maximum Gasteiger partial charge on any atom is 0.280 e. The lowest BCUT2D eigenvalue weighted by atomic mass is 9.87. The van der Waals surface area contributed by atoms with Gasteiger partial charge in [0.25, 0.3) is 5.56 Å². The number of nitrogens with one attached hydrogen (secondary N) is 2. The number of aromatic amines is 1. The van der Waals surface area contributed by atoms with Crippen molar-refractivity contribution >= 4 is 0 Å². The molecule has 1 aromatic heterocycles. The first-order valence-electron chi connectivity index (χ1n) is 6.61. The third-order valence-corrected chi connectivity index (χ3v) is 3.76. The van der Waals surface area contributed by atoms with Crippen LogP contribution in [0, 0.1) is 17.5 Å². The summed E-state index contributed by atoms with van der Waals surface area (Å²) in [4.78, 5) is 11.1. The lowest BCUT2D eigenvalue weighted by molar-refractivity contribution is 0.292. The van der Waals surface area contributed by atoms with E-state index in [0.29, 0.717) is 31.2 Å². The molecule has 0 spiro atoms. The molecule has 0 unspecified atom stereocenters. The molecule has 1 aliphatic heterocycles. The maximum absolute atomic E-state index is 13.8. The molecule has 1 aromatic carbocycles. The molecule has 21 heavy (non-hydrogen) atoms. The highest BCUT2D eigenvalue weighted by molar-refractivity contribution is 5.25. The highest BCUT2D eigenvalue weighted by Gasteiger charge is 2.28. The molecule has 2 heterocycles. The zero-order chi connectivity index (χ0) is 15.0. The molecule has 0 amide bonds. The average molecular weight is 298 g/mol. The minimum Gasteiger partial charge on any atom is -0.383 e. The number of piperidine rings is 1. The van der Waals surface area contributed by atoms with E-state index in [0.717, 1.165) is 6.07 Å². The molecule has 112 valence electrons. The molecule has 0 aliphatic carbocycles. The Morgan fingerprint density at radius 1 is 1.10 bits per heavy atom. The fourth-order valence-corrected chi connectivity index (χ4v) is 2.72. The van der Waals surface area contributed by atoms with Gasteiger partial charge in [-0.2, -0.15) is 5.16 Å². The third-order valence-electron chi connectivity index (χ3n) is 3.76. The van der Waals surface area contributed by atoms with Gasteiger partial charge < -0.3 is 9.84 Å². The van der Waals surface area contributed by atoms with Gasteiger partial charge in [-0.05, 0) is 25.5 Å². The number of halogens is 3. The van der Waals surface area contributed by atoms with Crippen molar-refractivity contribution in [3.8, 4) is 0 Å². The van der Waals surface area contributed by atoms with E-state index in [4.69, 9.17) is 4.52 Å². The summed E-state index contributed by atoms with van der Waals surface area (Å²) in [6, 6.07) is 2.32. The fraction of sp³-hybridized carbons (Fsp3) is 0.357. The highest BCUT2D eigenvalue weighted by Crippen LogP contribution is 2.35. The van der Waals surface area contributed by atoms with Crippen molar-refractivity contribution in [2.75, 3.05) is 6.54 Å². The van der Waals surface area contributed by atoms with Gasteiger partial charge in [-0.1, -0.05) is 0 Å². The predicted molar refractivity (Wildman–Crippen MR) is 68.4 cm³/mol. The summed E-state index contributed by atoms with van der Waals surface area (Å²) in [5.74, 6) is -2.66. The van der Waals surface area contributed by atoms with Crippen LogP contribution < -0.4 is 10.9 Å². The number of hydrogen-bond acceptors (Lipinski definition) is 3. The Kier molecular flexibility index (Phi) is 3.59. The molecule has 1 fully saturated rings. The van der Waals surface area contributed by atoms with Crippen LogP contribution in [-0.4, -0.2) is 11.7 Å². The van der Waals surface area contributed by atoms with E-state index >= 15 is 0 Å². The lowest BCUT2D eigenvalue weighted by Crippen LogP contribution is -2.31. The minimum atomic E-state index is -1.21. The second kappa shape index (κ2) is 5.40. The molecule has 2 aromatic rings. The van der Waals surface area contributed by atoms with Crippen molar-refractivity contribution in [2.45, 2.75) is 24.8 Å². The van der Waals surface area contributed by atoms with Crippen LogP contribution in [0.1, 0.15) is 36.1 Å². The van der Waals surface area contributed by atoms with Crippen molar-refractivity contribution < 1.29 is 17.7 Å². The Labute approximate surface area is 117 Å². The number of benzene rings is 1. The van der Waals surface area contributed by atoms with Gasteiger partial charge in [-0.3, -0.25) is 4.79 Å². The van der Waals surface area contributed by atoms with Crippen LogP contribution in [0.15, 0.2) is 27.5 Å². The van der Waals surface area contributed by atoms with E-state index in [1.165, 1.54) is 6.07 Å². The molecular formula is C14H13F3N2O2. The maximum atomic E-state index is 13.8. The van der Waals surface area contributed by atoms with Gasteiger partial charge in [0.2, 0.25) is 0 Å². The number of hydrogen-bond donors (Lipinski definition) is 2. The molecule has 0 radical (unpaired) electrons. The molecule has 2 atom stereocenters. The normalized spacial score (nSPS) is 22.4. The lowest BCUT2D eigenvalue weighted by Gasteiger charge is -2.29. The first-order valence-corrected chi connectivity index (χ1v) is 6.61. The molecule has 3 rings (SSSR count). The third kappa shape index (κ3) is 2.73. The summed E-state index contributed by atoms with van der Waals surface area (Å²) in [7, 11) is 0. The van der Waals surface area contributed by atoms with Crippen LogP contribution in [-0.2, 0) is 0 Å². The molecule has 7 heteroatoms. The molecule has 1 saturated heterocycles. The van der Waals surface area contributed by atoms with Crippen molar-refractivity contribution in [3.63, 3.8) is 0 Å². The number of H-pyrrole nitrogens is 1. The van der Waals surface area contributed by atoms with Gasteiger partial charge >= 0.3 is 0 Å². The monoisotopic (exact) mass is 298 g/mol. The average Bonchev–Trinajstić information content (AvgIpc) is 2.90. The summed E-state index contributed by atoms with van der Waals surface area (Å²) in [5.41, 5.74) is -0.254. The van der Waals surface area contributed by atoms with Crippen LogP contribution in [0.25, 0.3) is 0 Å².